The predicted molar refractivity (Wildman–Crippen MR) is 211 cm³/mol. The normalized spacial score (nSPS) is 17.2. The summed E-state index contributed by atoms with van der Waals surface area (Å²) >= 11 is -4.17. The fraction of sp³-hybridized carbons (Fsp3) is 0.383. The summed E-state index contributed by atoms with van der Waals surface area (Å²) in [5, 5.41) is 0. The number of hydrogen-bond acceptors (Lipinski definition) is 0. The molecule has 250 valence electrons. The van der Waals surface area contributed by atoms with E-state index in [1.54, 1.807) is 11.1 Å². The monoisotopic (exact) mass is 802 g/mol. The molecule has 0 nitrogen and oxygen atoms in total. The first-order chi connectivity index (χ1) is 22.8. The minimum atomic E-state index is -4.17. The molecule has 4 aromatic rings. The Hall–Kier alpha value is -2.90. The van der Waals surface area contributed by atoms with Crippen molar-refractivity contribution < 1.29 is 18.0 Å². The Bertz CT molecular complexity index is 1780. The van der Waals surface area contributed by atoms with Crippen molar-refractivity contribution in [3.63, 3.8) is 0 Å². The van der Waals surface area contributed by atoms with Gasteiger partial charge >= 0.3 is 295 Å². The van der Waals surface area contributed by atoms with Gasteiger partial charge in [0.05, 0.1) is 0 Å². The van der Waals surface area contributed by atoms with E-state index < -0.39 is 18.0 Å². The van der Waals surface area contributed by atoms with Gasteiger partial charge in [0.2, 0.25) is 0 Å². The van der Waals surface area contributed by atoms with Gasteiger partial charge in [-0.15, -0.1) is 0 Å². The molecule has 0 amide bonds. The predicted octanol–water partition coefficient (Wildman–Crippen LogP) is 14.2. The van der Waals surface area contributed by atoms with Gasteiger partial charge in [0.1, 0.15) is 0 Å². The second-order valence-corrected chi connectivity index (χ2v) is 43.0. The average Bonchev–Trinajstić information content (AvgIpc) is 3.70. The molecule has 0 bridgehead atoms. The van der Waals surface area contributed by atoms with Crippen LogP contribution in [0.1, 0.15) is 121 Å². The standard InChI is InChI=1S/2C18H17.C9H18.2CH3.Hf/c2*1-13(2)14-9-11-16(12-10-14)18-8-4-6-15-5-3-7-17(15)18;1-8(2)6-5-7-9(3)4;;;/h2*3-13H,1-2H3;8-9H,6-7H2,1-4H3;2*1H3;. The van der Waals surface area contributed by atoms with Crippen molar-refractivity contribution in [2.24, 2.45) is 11.8 Å². The molecule has 2 atom stereocenters. The molecule has 0 aliphatic heterocycles. The van der Waals surface area contributed by atoms with E-state index >= 15 is 0 Å². The molecule has 4 aromatic carbocycles. The van der Waals surface area contributed by atoms with Crippen LogP contribution >= 0.6 is 0 Å². The Morgan fingerprint density at radius 2 is 0.896 bits per heavy atom. The van der Waals surface area contributed by atoms with Crippen LogP contribution < -0.4 is 0 Å². The van der Waals surface area contributed by atoms with E-state index in [0.717, 1.165) is 0 Å². The first kappa shape index (κ1) is 34.9. The van der Waals surface area contributed by atoms with Gasteiger partial charge in [-0.25, -0.2) is 0 Å². The van der Waals surface area contributed by atoms with E-state index in [1.165, 1.54) is 57.3 Å². The Morgan fingerprint density at radius 3 is 1.23 bits per heavy atom. The van der Waals surface area contributed by atoms with Gasteiger partial charge in [-0.3, -0.25) is 0 Å². The Kier molecular flexibility index (Phi) is 9.78. The summed E-state index contributed by atoms with van der Waals surface area (Å²) in [5.74, 6) is 2.36. The quantitative estimate of drug-likeness (QED) is 0.140. The Balaban J connectivity index is 1.55. The molecule has 48 heavy (non-hydrogen) atoms. The average molecular weight is 801 g/mol. The summed E-state index contributed by atoms with van der Waals surface area (Å²) in [6, 6.07) is 33.0. The van der Waals surface area contributed by atoms with Crippen molar-refractivity contribution in [2.45, 2.75) is 96.8 Å². The molecule has 0 heterocycles. The van der Waals surface area contributed by atoms with Crippen LogP contribution in [0.5, 0.6) is 0 Å². The molecule has 2 aliphatic carbocycles. The van der Waals surface area contributed by atoms with Gasteiger partial charge in [-0.1, -0.05) is 0 Å². The summed E-state index contributed by atoms with van der Waals surface area (Å²) in [6.45, 7) is 18.9. The molecule has 2 unspecified atom stereocenters. The van der Waals surface area contributed by atoms with Crippen LogP contribution in [0.2, 0.25) is 9.36 Å². The summed E-state index contributed by atoms with van der Waals surface area (Å²) in [7, 11) is 0. The number of allylic oxidation sites excluding steroid dienone is 2. The number of rotatable bonds is 10. The van der Waals surface area contributed by atoms with E-state index in [1.807, 2.05) is 3.26 Å². The van der Waals surface area contributed by atoms with E-state index in [2.05, 4.69) is 174 Å². The molecule has 0 spiro atoms. The molecular formula is C47H58Hf. The van der Waals surface area contributed by atoms with E-state index in [0.29, 0.717) is 31.0 Å². The fourth-order valence-corrected chi connectivity index (χ4v) is 34.9. The van der Waals surface area contributed by atoms with Crippen molar-refractivity contribution in [3.05, 3.63) is 130 Å². The number of benzene rings is 4. The van der Waals surface area contributed by atoms with Crippen LogP contribution in [-0.2, 0) is 18.0 Å². The van der Waals surface area contributed by atoms with Gasteiger partial charge in [0, 0.05) is 0 Å². The molecular weight excluding hydrogens is 743 g/mol. The first-order valence-corrected chi connectivity index (χ1v) is 31.8. The topological polar surface area (TPSA) is 0 Å². The van der Waals surface area contributed by atoms with E-state index in [-0.39, 0.29) is 0 Å². The maximum absolute atomic E-state index is 4.17. The van der Waals surface area contributed by atoms with E-state index in [9.17, 15) is 0 Å². The maximum atomic E-state index is 2.85. The van der Waals surface area contributed by atoms with Gasteiger partial charge in [-0.05, 0) is 0 Å². The molecule has 0 aromatic heterocycles. The summed E-state index contributed by atoms with van der Waals surface area (Å²) in [4.78, 5) is 0. The zero-order valence-electron chi connectivity index (χ0n) is 31.3. The number of fused-ring (bicyclic) bond motifs is 2. The van der Waals surface area contributed by atoms with Crippen molar-refractivity contribution >= 4 is 15.4 Å². The Morgan fingerprint density at radius 1 is 0.521 bits per heavy atom. The third-order valence-electron chi connectivity index (χ3n) is 12.0. The molecule has 0 saturated heterocycles. The molecule has 0 saturated carbocycles. The minimum absolute atomic E-state index is 0.467. The van der Waals surface area contributed by atoms with Crippen LogP contribution in [-0.4, -0.2) is 3.26 Å². The molecule has 0 N–H and O–H groups in total. The van der Waals surface area contributed by atoms with Crippen molar-refractivity contribution in [1.82, 2.24) is 0 Å². The fourth-order valence-electron chi connectivity index (χ4n) is 9.17. The van der Waals surface area contributed by atoms with Crippen LogP contribution in [0.3, 0.4) is 0 Å². The first-order valence-electron chi connectivity index (χ1n) is 18.7. The van der Waals surface area contributed by atoms with Crippen LogP contribution in [0, 0.1) is 11.8 Å². The van der Waals surface area contributed by atoms with Gasteiger partial charge in [0.15, 0.2) is 0 Å². The third kappa shape index (κ3) is 6.19. The number of hydrogen-bond donors (Lipinski definition) is 0. The summed E-state index contributed by atoms with van der Waals surface area (Å²) in [5.41, 5.74) is 14.2. The van der Waals surface area contributed by atoms with Gasteiger partial charge in [-0.2, -0.15) is 0 Å². The van der Waals surface area contributed by atoms with Gasteiger partial charge in [0.25, 0.3) is 0 Å². The molecule has 6 rings (SSSR count). The van der Waals surface area contributed by atoms with Crippen molar-refractivity contribution in [2.75, 3.05) is 0 Å². The zero-order valence-corrected chi connectivity index (χ0v) is 34.9. The van der Waals surface area contributed by atoms with Gasteiger partial charge < -0.3 is 0 Å². The van der Waals surface area contributed by atoms with Crippen molar-refractivity contribution in [1.29, 1.82) is 0 Å². The summed E-state index contributed by atoms with van der Waals surface area (Å²) in [6.07, 6.45) is 12.8. The van der Waals surface area contributed by atoms with Crippen LogP contribution in [0.25, 0.3) is 34.4 Å². The second-order valence-electron chi connectivity index (χ2n) is 17.3. The van der Waals surface area contributed by atoms with Crippen molar-refractivity contribution in [3.8, 4) is 22.3 Å². The third-order valence-corrected chi connectivity index (χ3v) is 38.8. The van der Waals surface area contributed by atoms with E-state index in [4.69, 9.17) is 0 Å². The van der Waals surface area contributed by atoms with Crippen LogP contribution in [0.15, 0.2) is 97.1 Å². The molecule has 0 radical (unpaired) electrons. The zero-order chi connectivity index (χ0) is 34.4. The second kappa shape index (κ2) is 13.4. The molecule has 0 fully saturated rings. The molecule has 2 aliphatic rings. The molecule has 1 heteroatoms. The summed E-state index contributed by atoms with van der Waals surface area (Å²) < 4.78 is 8.54. The SMILES string of the molecule is CC(C)C[C](CC(C)C)=[Hf]([CH3])([CH3])([CH]1C=Cc2c(-c3ccc(C(C)C)cc3)cccc21)[CH]1C=Cc2c(-c3ccc(C(C)C)cc3)cccc21. The van der Waals surface area contributed by atoms with Crippen LogP contribution in [0.4, 0.5) is 0 Å². The Labute approximate surface area is 293 Å².